The minimum absolute atomic E-state index is 1.06. The fraction of sp³-hybridized carbons (Fsp3) is 0. The van der Waals surface area contributed by atoms with Gasteiger partial charge in [0.25, 0.3) is 0 Å². The lowest BCUT2D eigenvalue weighted by Gasteiger charge is -2.31. The van der Waals surface area contributed by atoms with E-state index in [0.29, 0.717) is 0 Å². The molecular formula is C72H50N2. The van der Waals surface area contributed by atoms with Crippen molar-refractivity contribution in [3.63, 3.8) is 0 Å². The van der Waals surface area contributed by atoms with E-state index in [0.717, 1.165) is 56.1 Å². The smallest absolute Gasteiger partial charge is 0.0541 e. The van der Waals surface area contributed by atoms with Crippen LogP contribution in [0.15, 0.2) is 303 Å². The zero-order valence-corrected chi connectivity index (χ0v) is 40.8. The molecule has 0 amide bonds. The van der Waals surface area contributed by atoms with Gasteiger partial charge < -0.3 is 9.47 Å². The van der Waals surface area contributed by atoms with Crippen molar-refractivity contribution >= 4 is 38.9 Å². The highest BCUT2D eigenvalue weighted by molar-refractivity contribution is 6.11. The van der Waals surface area contributed by atoms with Crippen molar-refractivity contribution in [2.45, 2.75) is 0 Å². The van der Waals surface area contributed by atoms with Gasteiger partial charge in [-0.25, -0.2) is 0 Å². The number of benzene rings is 12. The summed E-state index contributed by atoms with van der Waals surface area (Å²) in [4.78, 5) is 2.49. The number of para-hydroxylation sites is 4. The lowest BCUT2D eigenvalue weighted by Crippen LogP contribution is -2.12. The Hall–Kier alpha value is -9.76. The first kappa shape index (κ1) is 44.2. The fourth-order valence-electron chi connectivity index (χ4n) is 11.0. The number of aromatic nitrogens is 1. The second-order valence-corrected chi connectivity index (χ2v) is 18.8. The van der Waals surface area contributed by atoms with Gasteiger partial charge in [-0.3, -0.25) is 0 Å². The maximum atomic E-state index is 2.49. The van der Waals surface area contributed by atoms with Crippen LogP contribution in [0.1, 0.15) is 0 Å². The highest BCUT2D eigenvalue weighted by atomic mass is 15.1. The Labute approximate surface area is 433 Å². The van der Waals surface area contributed by atoms with Gasteiger partial charge in [-0.1, -0.05) is 249 Å². The number of rotatable bonds is 11. The Balaban J connectivity index is 1.03. The normalized spacial score (nSPS) is 11.2. The summed E-state index contributed by atoms with van der Waals surface area (Å²) >= 11 is 0. The molecule has 0 aliphatic carbocycles. The summed E-state index contributed by atoms with van der Waals surface area (Å²) in [5.41, 5.74) is 23.0. The largest absolute Gasteiger partial charge is 0.309 e. The van der Waals surface area contributed by atoms with Gasteiger partial charge in [0.05, 0.1) is 22.4 Å². The van der Waals surface area contributed by atoms with Crippen LogP contribution in [0.25, 0.3) is 105 Å². The van der Waals surface area contributed by atoms with Gasteiger partial charge in [0.2, 0.25) is 0 Å². The van der Waals surface area contributed by atoms with E-state index in [2.05, 4.69) is 313 Å². The molecule has 0 N–H and O–H groups in total. The van der Waals surface area contributed by atoms with Crippen molar-refractivity contribution in [2.75, 3.05) is 4.90 Å². The van der Waals surface area contributed by atoms with Gasteiger partial charge in [0.15, 0.2) is 0 Å². The van der Waals surface area contributed by atoms with Crippen LogP contribution in [-0.4, -0.2) is 4.57 Å². The summed E-state index contributed by atoms with van der Waals surface area (Å²) in [5, 5.41) is 2.45. The van der Waals surface area contributed by atoms with E-state index in [-0.39, 0.29) is 0 Å². The summed E-state index contributed by atoms with van der Waals surface area (Å²) in [7, 11) is 0. The molecule has 13 rings (SSSR count). The second kappa shape index (κ2) is 19.4. The van der Waals surface area contributed by atoms with E-state index in [1.807, 2.05) is 0 Å². The van der Waals surface area contributed by atoms with Gasteiger partial charge in [-0.05, 0) is 121 Å². The maximum Gasteiger partial charge on any atom is 0.0541 e. The molecule has 0 saturated heterocycles. The van der Waals surface area contributed by atoms with Crippen LogP contribution in [0.5, 0.6) is 0 Å². The van der Waals surface area contributed by atoms with Crippen LogP contribution >= 0.6 is 0 Å². The van der Waals surface area contributed by atoms with Crippen LogP contribution in [-0.2, 0) is 0 Å². The summed E-state index contributed by atoms with van der Waals surface area (Å²) in [5.74, 6) is 0. The maximum absolute atomic E-state index is 2.49. The van der Waals surface area contributed by atoms with E-state index < -0.39 is 0 Å². The van der Waals surface area contributed by atoms with Crippen molar-refractivity contribution < 1.29 is 0 Å². The zero-order chi connectivity index (χ0) is 49.2. The molecule has 0 bridgehead atoms. The standard InChI is InChI=1S/C72H50N2/c1-5-23-51(24-6-1)52-43-45-55(46-44-52)61-34-15-18-40-68(61)74(59-32-21-29-56(49-59)57-47-48-71-67(50-57)64-36-17-20-42-70(64)73(71)58-30-11-4-12-31-58)69-41-19-16-35-63(69)66-39-22-38-62(54-27-9-3-10-28-54)72(66)65-37-14-13-33-60(65)53-25-7-2-8-26-53/h1-50H. The molecule has 0 atom stereocenters. The number of nitrogens with zero attached hydrogens (tertiary/aromatic N) is 2. The third kappa shape index (κ3) is 8.15. The summed E-state index contributed by atoms with van der Waals surface area (Å²) in [6, 6.07) is 110. The molecule has 13 aromatic rings. The minimum Gasteiger partial charge on any atom is -0.309 e. The lowest BCUT2D eigenvalue weighted by atomic mass is 9.84. The Morgan fingerprint density at radius 1 is 0.230 bits per heavy atom. The van der Waals surface area contributed by atoms with Crippen LogP contribution in [0.2, 0.25) is 0 Å². The van der Waals surface area contributed by atoms with Gasteiger partial charge in [0, 0.05) is 33.3 Å². The van der Waals surface area contributed by atoms with Gasteiger partial charge in [0.1, 0.15) is 0 Å². The number of anilines is 3. The van der Waals surface area contributed by atoms with Crippen molar-refractivity contribution in [3.8, 4) is 83.6 Å². The van der Waals surface area contributed by atoms with Gasteiger partial charge >= 0.3 is 0 Å². The van der Waals surface area contributed by atoms with Crippen molar-refractivity contribution in [2.24, 2.45) is 0 Å². The predicted molar refractivity (Wildman–Crippen MR) is 314 cm³/mol. The quantitative estimate of drug-likeness (QED) is 0.125. The minimum atomic E-state index is 1.06. The molecule has 1 aromatic heterocycles. The van der Waals surface area contributed by atoms with E-state index >= 15 is 0 Å². The Morgan fingerprint density at radius 3 is 1.38 bits per heavy atom. The molecule has 0 saturated carbocycles. The summed E-state index contributed by atoms with van der Waals surface area (Å²) < 4.78 is 2.38. The monoisotopic (exact) mass is 942 g/mol. The Bertz CT molecular complexity index is 4100. The van der Waals surface area contributed by atoms with E-state index in [1.165, 1.54) is 66.3 Å². The molecule has 0 unspecified atom stereocenters. The van der Waals surface area contributed by atoms with Crippen LogP contribution < -0.4 is 4.90 Å². The van der Waals surface area contributed by atoms with E-state index in [1.54, 1.807) is 0 Å². The van der Waals surface area contributed by atoms with E-state index in [4.69, 9.17) is 0 Å². The van der Waals surface area contributed by atoms with Crippen molar-refractivity contribution in [3.05, 3.63) is 303 Å². The van der Waals surface area contributed by atoms with Gasteiger partial charge in [-0.2, -0.15) is 0 Å². The molecule has 348 valence electrons. The average molecular weight is 943 g/mol. The SMILES string of the molecule is c1ccc(-c2ccc(-c3ccccc3N(c3cccc(-c4ccc5c(c4)c4ccccc4n5-c4ccccc4)c3)c3ccccc3-c3cccc(-c4ccccc4)c3-c3ccccc3-c3ccccc3)cc2)cc1. The van der Waals surface area contributed by atoms with Crippen LogP contribution in [0.3, 0.4) is 0 Å². The molecule has 74 heavy (non-hydrogen) atoms. The average Bonchev–Trinajstić information content (AvgIpc) is 3.82. The third-order valence-electron chi connectivity index (χ3n) is 14.4. The molecule has 2 nitrogen and oxygen atoms in total. The highest BCUT2D eigenvalue weighted by Gasteiger charge is 2.25. The summed E-state index contributed by atoms with van der Waals surface area (Å²) in [6.07, 6.45) is 0. The molecule has 0 radical (unpaired) electrons. The predicted octanol–water partition coefficient (Wildman–Crippen LogP) is 19.9. The number of hydrogen-bond donors (Lipinski definition) is 0. The van der Waals surface area contributed by atoms with Gasteiger partial charge in [-0.15, -0.1) is 0 Å². The molecule has 0 spiro atoms. The first-order valence-corrected chi connectivity index (χ1v) is 25.4. The molecule has 12 aromatic carbocycles. The molecule has 2 heteroatoms. The van der Waals surface area contributed by atoms with E-state index in [9.17, 15) is 0 Å². The first-order chi connectivity index (χ1) is 36.7. The van der Waals surface area contributed by atoms with Crippen LogP contribution in [0.4, 0.5) is 17.1 Å². The highest BCUT2D eigenvalue weighted by Crippen LogP contribution is 2.50. The fourth-order valence-corrected chi connectivity index (χ4v) is 11.0. The van der Waals surface area contributed by atoms with Crippen LogP contribution in [0, 0.1) is 0 Å². The third-order valence-corrected chi connectivity index (χ3v) is 14.4. The topological polar surface area (TPSA) is 8.17 Å². The first-order valence-electron chi connectivity index (χ1n) is 25.4. The molecular weight excluding hydrogens is 893 g/mol. The van der Waals surface area contributed by atoms with Crippen molar-refractivity contribution in [1.29, 1.82) is 0 Å². The Kier molecular flexibility index (Phi) is 11.6. The second-order valence-electron chi connectivity index (χ2n) is 18.8. The van der Waals surface area contributed by atoms with Crippen molar-refractivity contribution in [1.82, 2.24) is 4.57 Å². The Morgan fingerprint density at radius 2 is 0.662 bits per heavy atom. The molecule has 0 fully saturated rings. The lowest BCUT2D eigenvalue weighted by molar-refractivity contribution is 1.18. The molecule has 0 aliphatic rings. The molecule has 0 aliphatic heterocycles. The zero-order valence-electron chi connectivity index (χ0n) is 40.8. The molecule has 1 heterocycles. The number of hydrogen-bond acceptors (Lipinski definition) is 1. The summed E-state index contributed by atoms with van der Waals surface area (Å²) in [6.45, 7) is 0. The number of fused-ring (bicyclic) bond motifs is 3.